The Morgan fingerprint density at radius 1 is 1.03 bits per heavy atom. The molecular weight excluding hydrogens is 440 g/mol. The van der Waals surface area contributed by atoms with Crippen LogP contribution in [0.3, 0.4) is 0 Å². The zero-order valence-electron chi connectivity index (χ0n) is 15.3. The van der Waals surface area contributed by atoms with E-state index in [2.05, 4.69) is 46.8 Å². The highest BCUT2D eigenvalue weighted by Crippen LogP contribution is 2.25. The Morgan fingerprint density at radius 2 is 1.72 bits per heavy atom. The number of anilines is 4. The van der Waals surface area contributed by atoms with Crippen molar-refractivity contribution < 1.29 is 14.3 Å². The zero-order valence-corrected chi connectivity index (χ0v) is 16.9. The van der Waals surface area contributed by atoms with Gasteiger partial charge in [0.25, 0.3) is 5.91 Å². The molecule has 0 aliphatic heterocycles. The summed E-state index contributed by atoms with van der Waals surface area (Å²) in [5.74, 6) is -0.216. The fraction of sp³-hybridized carbons (Fsp3) is 0.0526. The molecule has 0 fully saturated rings. The van der Waals surface area contributed by atoms with Crippen LogP contribution in [-0.2, 0) is 4.74 Å². The molecule has 3 rings (SSSR count). The molecule has 5 N–H and O–H groups in total. The maximum atomic E-state index is 12.3. The summed E-state index contributed by atoms with van der Waals surface area (Å²) in [7, 11) is 1.32. The highest BCUT2D eigenvalue weighted by Gasteiger charge is 2.12. The van der Waals surface area contributed by atoms with E-state index in [0.29, 0.717) is 27.1 Å². The smallest absolute Gasteiger partial charge is 0.337 e. The summed E-state index contributed by atoms with van der Waals surface area (Å²) in [6.45, 7) is 0. The van der Waals surface area contributed by atoms with Crippen molar-refractivity contribution in [2.45, 2.75) is 0 Å². The van der Waals surface area contributed by atoms with Crippen LogP contribution in [0.5, 0.6) is 0 Å². The maximum Gasteiger partial charge on any atom is 0.337 e. The second-order valence-electron chi connectivity index (χ2n) is 5.74. The second-order valence-corrected chi connectivity index (χ2v) is 6.59. The Balaban J connectivity index is 1.70. The zero-order chi connectivity index (χ0) is 20.8. The molecule has 0 bridgehead atoms. The summed E-state index contributed by atoms with van der Waals surface area (Å²) in [5, 5.41) is 3.04. The van der Waals surface area contributed by atoms with Crippen LogP contribution in [0.2, 0.25) is 0 Å². The minimum absolute atomic E-state index is 0.206. The van der Waals surface area contributed by atoms with E-state index in [1.807, 2.05) is 6.07 Å². The third kappa shape index (κ3) is 4.79. The van der Waals surface area contributed by atoms with Gasteiger partial charge in [-0.25, -0.2) is 14.8 Å². The average Bonchev–Trinajstić information content (AvgIpc) is 2.74. The number of esters is 1. The minimum Gasteiger partial charge on any atom is -0.465 e. The Morgan fingerprint density at radius 3 is 2.41 bits per heavy atom. The summed E-state index contributed by atoms with van der Waals surface area (Å²) in [4.78, 5) is 32.0. The summed E-state index contributed by atoms with van der Waals surface area (Å²) in [6.07, 6.45) is 1.30. The average molecular weight is 457 g/mol. The molecule has 9 nitrogen and oxygen atoms in total. The first-order chi connectivity index (χ1) is 14.0. The number of methoxy groups -OCH3 is 1. The fourth-order valence-corrected chi connectivity index (χ4v) is 2.83. The van der Waals surface area contributed by atoms with Crippen molar-refractivity contribution in [2.75, 3.05) is 23.6 Å². The Kier molecular flexibility index (Phi) is 6.25. The molecule has 1 aromatic heterocycles. The van der Waals surface area contributed by atoms with Crippen LogP contribution in [0.4, 0.5) is 23.0 Å². The van der Waals surface area contributed by atoms with Crippen LogP contribution >= 0.6 is 15.9 Å². The van der Waals surface area contributed by atoms with Gasteiger partial charge in [0, 0.05) is 10.2 Å². The molecule has 0 saturated carbocycles. The van der Waals surface area contributed by atoms with E-state index < -0.39 is 5.97 Å². The van der Waals surface area contributed by atoms with E-state index in [0.717, 1.165) is 0 Å². The molecule has 148 valence electrons. The van der Waals surface area contributed by atoms with Crippen LogP contribution in [-0.4, -0.2) is 29.0 Å². The van der Waals surface area contributed by atoms with Gasteiger partial charge in [0.2, 0.25) is 0 Å². The number of rotatable bonds is 6. The van der Waals surface area contributed by atoms with Crippen molar-refractivity contribution in [3.05, 3.63) is 70.5 Å². The van der Waals surface area contributed by atoms with Gasteiger partial charge in [-0.2, -0.15) is 0 Å². The van der Waals surface area contributed by atoms with Gasteiger partial charge in [-0.15, -0.1) is 0 Å². The Bertz CT molecular complexity index is 1040. The van der Waals surface area contributed by atoms with Gasteiger partial charge in [0.15, 0.2) is 11.6 Å². The van der Waals surface area contributed by atoms with Gasteiger partial charge >= 0.3 is 5.97 Å². The number of halogens is 1. The first kappa shape index (κ1) is 20.1. The lowest BCUT2D eigenvalue weighted by Crippen LogP contribution is -2.30. The lowest BCUT2D eigenvalue weighted by atomic mass is 10.2. The molecule has 0 saturated heterocycles. The molecule has 0 unspecified atom stereocenters. The third-order valence-electron chi connectivity index (χ3n) is 3.87. The number of benzene rings is 2. The highest BCUT2D eigenvalue weighted by molar-refractivity contribution is 9.10. The number of nitrogens with one attached hydrogen (secondary N) is 3. The first-order valence-electron chi connectivity index (χ1n) is 8.36. The predicted molar refractivity (Wildman–Crippen MR) is 113 cm³/mol. The SMILES string of the molecule is COC(=O)c1ccc(Nc2ncnc(NNC(=O)c3ccccc3Br)c2N)cc1. The van der Waals surface area contributed by atoms with Crippen molar-refractivity contribution in [1.82, 2.24) is 15.4 Å². The van der Waals surface area contributed by atoms with Crippen LogP contribution in [0.25, 0.3) is 0 Å². The number of carbonyl (C=O) groups excluding carboxylic acids is 2. The first-order valence-corrected chi connectivity index (χ1v) is 9.15. The molecule has 29 heavy (non-hydrogen) atoms. The quantitative estimate of drug-likeness (QED) is 0.328. The van der Waals surface area contributed by atoms with Crippen molar-refractivity contribution in [3.63, 3.8) is 0 Å². The number of aromatic nitrogens is 2. The van der Waals surface area contributed by atoms with E-state index >= 15 is 0 Å². The van der Waals surface area contributed by atoms with Crippen LogP contribution in [0, 0.1) is 0 Å². The van der Waals surface area contributed by atoms with Crippen LogP contribution in [0.1, 0.15) is 20.7 Å². The molecule has 2 aromatic carbocycles. The molecule has 1 amide bonds. The minimum atomic E-state index is -0.426. The molecule has 0 radical (unpaired) electrons. The van der Waals surface area contributed by atoms with Crippen LogP contribution in [0.15, 0.2) is 59.3 Å². The molecular formula is C19H17BrN6O3. The Labute approximate surface area is 174 Å². The van der Waals surface area contributed by atoms with Gasteiger partial charge in [-0.1, -0.05) is 12.1 Å². The van der Waals surface area contributed by atoms with Gasteiger partial charge in [-0.3, -0.25) is 15.6 Å². The van der Waals surface area contributed by atoms with E-state index in [-0.39, 0.29) is 17.4 Å². The van der Waals surface area contributed by atoms with Gasteiger partial charge in [0.1, 0.15) is 12.0 Å². The van der Waals surface area contributed by atoms with E-state index in [1.165, 1.54) is 13.4 Å². The fourth-order valence-electron chi connectivity index (χ4n) is 2.37. The number of nitrogens with two attached hydrogens (primary N) is 1. The Hall–Kier alpha value is -3.66. The van der Waals surface area contributed by atoms with Crippen molar-refractivity contribution in [1.29, 1.82) is 0 Å². The molecule has 0 aliphatic rings. The van der Waals surface area contributed by atoms with E-state index in [9.17, 15) is 9.59 Å². The standard InChI is InChI=1S/C19H17BrN6O3/c1-29-19(28)11-6-8-12(9-7-11)24-16-15(21)17(23-10-22-16)25-26-18(27)13-4-2-3-5-14(13)20/h2-10H,21H2,1H3,(H,26,27)(H2,22,23,24,25). The number of hydrogen-bond donors (Lipinski definition) is 4. The monoisotopic (exact) mass is 456 g/mol. The predicted octanol–water partition coefficient (Wildman–Crippen LogP) is 3.11. The molecule has 1 heterocycles. The van der Waals surface area contributed by atoms with Gasteiger partial charge in [0.05, 0.1) is 18.2 Å². The van der Waals surface area contributed by atoms with Crippen LogP contribution < -0.4 is 21.9 Å². The second kappa shape index (κ2) is 9.02. The maximum absolute atomic E-state index is 12.3. The number of hydrazine groups is 1. The number of ether oxygens (including phenoxy) is 1. The molecule has 0 spiro atoms. The number of hydrogen-bond acceptors (Lipinski definition) is 8. The highest BCUT2D eigenvalue weighted by atomic mass is 79.9. The van der Waals surface area contributed by atoms with Crippen molar-refractivity contribution in [3.8, 4) is 0 Å². The molecule has 3 aromatic rings. The lowest BCUT2D eigenvalue weighted by molar-refractivity contribution is 0.0600. The third-order valence-corrected chi connectivity index (χ3v) is 4.56. The number of carbonyl (C=O) groups is 2. The van der Waals surface area contributed by atoms with E-state index in [4.69, 9.17) is 5.73 Å². The largest absolute Gasteiger partial charge is 0.465 e. The summed E-state index contributed by atoms with van der Waals surface area (Å²) >= 11 is 3.33. The number of nitrogen functional groups attached to an aromatic ring is 1. The molecule has 0 aliphatic carbocycles. The lowest BCUT2D eigenvalue weighted by Gasteiger charge is -2.13. The van der Waals surface area contributed by atoms with E-state index in [1.54, 1.807) is 42.5 Å². The normalized spacial score (nSPS) is 10.1. The number of nitrogens with zero attached hydrogens (tertiary/aromatic N) is 2. The summed E-state index contributed by atoms with van der Waals surface area (Å²) in [6, 6.07) is 13.6. The summed E-state index contributed by atoms with van der Waals surface area (Å²) < 4.78 is 5.33. The van der Waals surface area contributed by atoms with Crippen molar-refractivity contribution >= 4 is 50.8 Å². The van der Waals surface area contributed by atoms with Crippen molar-refractivity contribution in [2.24, 2.45) is 0 Å². The topological polar surface area (TPSA) is 131 Å². The number of amides is 1. The van der Waals surface area contributed by atoms with Gasteiger partial charge in [-0.05, 0) is 52.3 Å². The molecule has 10 heteroatoms. The summed E-state index contributed by atoms with van der Waals surface area (Å²) in [5.41, 5.74) is 13.1. The molecule has 0 atom stereocenters. The van der Waals surface area contributed by atoms with Gasteiger partial charge < -0.3 is 15.8 Å².